The lowest BCUT2D eigenvalue weighted by Gasteiger charge is -2.15. The molecule has 0 fully saturated rings. The van der Waals surface area contributed by atoms with E-state index in [2.05, 4.69) is 15.4 Å². The van der Waals surface area contributed by atoms with Gasteiger partial charge in [0.2, 0.25) is 5.91 Å². The highest BCUT2D eigenvalue weighted by molar-refractivity contribution is 5.76. The molecule has 0 aliphatic rings. The highest BCUT2D eigenvalue weighted by atomic mass is 16.3. The van der Waals surface area contributed by atoms with E-state index in [1.807, 2.05) is 6.92 Å². The van der Waals surface area contributed by atoms with E-state index in [9.17, 15) is 4.79 Å². The van der Waals surface area contributed by atoms with Gasteiger partial charge in [0.1, 0.15) is 12.7 Å². The lowest BCUT2D eigenvalue weighted by atomic mass is 10.1. The summed E-state index contributed by atoms with van der Waals surface area (Å²) in [6.07, 6.45) is 3.55. The maximum atomic E-state index is 11.5. The van der Waals surface area contributed by atoms with Gasteiger partial charge in [-0.3, -0.25) is 9.48 Å². The molecule has 0 saturated carbocycles. The number of hydrogen-bond donors (Lipinski definition) is 2. The molecule has 0 aliphatic heterocycles. The zero-order valence-electron chi connectivity index (χ0n) is 9.63. The molecule has 2 N–H and O–H groups in total. The topological polar surface area (TPSA) is 80.0 Å². The summed E-state index contributed by atoms with van der Waals surface area (Å²) in [5.74, 6) is -0.0383. The number of carbonyl (C=O) groups excluding carboxylic acids is 1. The molecule has 1 rings (SSSR count). The van der Waals surface area contributed by atoms with Gasteiger partial charge in [-0.2, -0.15) is 5.10 Å². The molecule has 1 heterocycles. The minimum absolute atomic E-state index is 0.0109. The van der Waals surface area contributed by atoms with Gasteiger partial charge in [0.05, 0.1) is 12.6 Å². The molecule has 0 saturated heterocycles. The van der Waals surface area contributed by atoms with Crippen LogP contribution < -0.4 is 5.32 Å². The smallest absolute Gasteiger partial charge is 0.222 e. The molecule has 0 spiro atoms. The lowest BCUT2D eigenvalue weighted by Crippen LogP contribution is -2.35. The number of nitrogens with zero attached hydrogens (tertiary/aromatic N) is 3. The Morgan fingerprint density at radius 1 is 1.56 bits per heavy atom. The number of aliphatic hydroxyl groups excluding tert-OH is 1. The van der Waals surface area contributed by atoms with Crippen molar-refractivity contribution in [2.75, 3.05) is 0 Å². The van der Waals surface area contributed by atoms with E-state index < -0.39 is 6.10 Å². The number of amides is 1. The number of aliphatic hydroxyl groups is 1. The van der Waals surface area contributed by atoms with Crippen molar-refractivity contribution >= 4 is 5.91 Å². The van der Waals surface area contributed by atoms with Gasteiger partial charge in [0.25, 0.3) is 0 Å². The van der Waals surface area contributed by atoms with Crippen molar-refractivity contribution < 1.29 is 9.90 Å². The van der Waals surface area contributed by atoms with Gasteiger partial charge in [-0.1, -0.05) is 0 Å². The van der Waals surface area contributed by atoms with Crippen LogP contribution in [0.4, 0.5) is 0 Å². The molecule has 1 amide bonds. The maximum Gasteiger partial charge on any atom is 0.222 e. The number of hydrogen-bond acceptors (Lipinski definition) is 4. The molecule has 0 radical (unpaired) electrons. The van der Waals surface area contributed by atoms with Crippen molar-refractivity contribution in [2.45, 2.75) is 45.4 Å². The number of carbonyl (C=O) groups is 1. The van der Waals surface area contributed by atoms with E-state index in [0.29, 0.717) is 19.4 Å². The first-order valence-corrected chi connectivity index (χ1v) is 5.37. The van der Waals surface area contributed by atoms with Gasteiger partial charge in [0, 0.05) is 12.5 Å². The average Bonchev–Trinajstić information content (AvgIpc) is 2.65. The Morgan fingerprint density at radius 2 is 2.31 bits per heavy atom. The highest BCUT2D eigenvalue weighted by Crippen LogP contribution is 1.97. The predicted octanol–water partition coefficient (Wildman–Crippen LogP) is -0.0562. The van der Waals surface area contributed by atoms with Crippen LogP contribution in [-0.4, -0.2) is 37.9 Å². The van der Waals surface area contributed by atoms with Gasteiger partial charge in [-0.25, -0.2) is 4.98 Å². The van der Waals surface area contributed by atoms with Crippen LogP contribution in [0.1, 0.15) is 26.7 Å². The Kier molecular flexibility index (Phi) is 4.91. The van der Waals surface area contributed by atoms with Crippen LogP contribution in [0.3, 0.4) is 0 Å². The molecule has 2 unspecified atom stereocenters. The van der Waals surface area contributed by atoms with E-state index in [1.165, 1.54) is 6.33 Å². The van der Waals surface area contributed by atoms with Gasteiger partial charge in [-0.05, 0) is 20.3 Å². The Morgan fingerprint density at radius 3 is 2.88 bits per heavy atom. The monoisotopic (exact) mass is 226 g/mol. The van der Waals surface area contributed by atoms with Crippen LogP contribution in [0.5, 0.6) is 0 Å². The largest absolute Gasteiger partial charge is 0.393 e. The summed E-state index contributed by atoms with van der Waals surface area (Å²) in [6, 6.07) is -0.0109. The molecule has 0 aliphatic carbocycles. The summed E-state index contributed by atoms with van der Waals surface area (Å²) in [5.41, 5.74) is 0. The average molecular weight is 226 g/mol. The van der Waals surface area contributed by atoms with E-state index in [4.69, 9.17) is 5.11 Å². The number of rotatable bonds is 6. The Balaban J connectivity index is 2.20. The molecule has 6 nitrogen and oxygen atoms in total. The van der Waals surface area contributed by atoms with Crippen molar-refractivity contribution in [3.63, 3.8) is 0 Å². The molecule has 1 aromatic heterocycles. The Hall–Kier alpha value is -1.43. The van der Waals surface area contributed by atoms with Gasteiger partial charge in [-0.15, -0.1) is 0 Å². The number of aromatic nitrogens is 3. The van der Waals surface area contributed by atoms with E-state index in [0.717, 1.165) is 0 Å². The first kappa shape index (κ1) is 12.6. The van der Waals surface area contributed by atoms with Crippen LogP contribution in [-0.2, 0) is 11.3 Å². The molecular weight excluding hydrogens is 208 g/mol. The Labute approximate surface area is 94.7 Å². The Bertz CT molecular complexity index is 311. The molecular formula is C10H18N4O2. The fraction of sp³-hybridized carbons (Fsp3) is 0.700. The third-order valence-electron chi connectivity index (χ3n) is 2.14. The third-order valence-corrected chi connectivity index (χ3v) is 2.14. The van der Waals surface area contributed by atoms with E-state index in [1.54, 1.807) is 17.9 Å². The van der Waals surface area contributed by atoms with Crippen LogP contribution >= 0.6 is 0 Å². The van der Waals surface area contributed by atoms with Crippen LogP contribution in [0.15, 0.2) is 12.7 Å². The molecule has 0 aromatic carbocycles. The molecule has 1 aromatic rings. The summed E-state index contributed by atoms with van der Waals surface area (Å²) in [5, 5.41) is 15.9. The minimum Gasteiger partial charge on any atom is -0.393 e. The summed E-state index contributed by atoms with van der Waals surface area (Å²) >= 11 is 0. The van der Waals surface area contributed by atoms with Gasteiger partial charge in [0.15, 0.2) is 0 Å². The second-order valence-corrected chi connectivity index (χ2v) is 3.96. The summed E-state index contributed by atoms with van der Waals surface area (Å²) in [7, 11) is 0. The van der Waals surface area contributed by atoms with Crippen molar-refractivity contribution in [1.29, 1.82) is 0 Å². The molecule has 16 heavy (non-hydrogen) atoms. The second kappa shape index (κ2) is 6.22. The fourth-order valence-corrected chi connectivity index (χ4v) is 1.48. The molecule has 2 atom stereocenters. The quantitative estimate of drug-likeness (QED) is 0.712. The van der Waals surface area contributed by atoms with Crippen LogP contribution in [0.25, 0.3) is 0 Å². The summed E-state index contributed by atoms with van der Waals surface area (Å²) in [6.45, 7) is 4.10. The lowest BCUT2D eigenvalue weighted by molar-refractivity contribution is -0.122. The zero-order chi connectivity index (χ0) is 12.0. The first-order valence-electron chi connectivity index (χ1n) is 5.37. The number of nitrogens with one attached hydrogen (secondary N) is 1. The van der Waals surface area contributed by atoms with Crippen molar-refractivity contribution in [3.05, 3.63) is 12.7 Å². The SMILES string of the molecule is CC(O)CC(C)NC(=O)CCn1cncn1. The third kappa shape index (κ3) is 4.88. The van der Waals surface area contributed by atoms with Crippen molar-refractivity contribution in [2.24, 2.45) is 0 Å². The molecule has 90 valence electrons. The summed E-state index contributed by atoms with van der Waals surface area (Å²) < 4.78 is 1.61. The molecule has 0 bridgehead atoms. The second-order valence-electron chi connectivity index (χ2n) is 3.96. The summed E-state index contributed by atoms with van der Waals surface area (Å²) in [4.78, 5) is 15.3. The van der Waals surface area contributed by atoms with E-state index >= 15 is 0 Å². The van der Waals surface area contributed by atoms with Crippen LogP contribution in [0.2, 0.25) is 0 Å². The fourth-order valence-electron chi connectivity index (χ4n) is 1.48. The predicted molar refractivity (Wildman–Crippen MR) is 58.5 cm³/mol. The van der Waals surface area contributed by atoms with E-state index in [-0.39, 0.29) is 11.9 Å². The first-order chi connectivity index (χ1) is 7.58. The van der Waals surface area contributed by atoms with Crippen molar-refractivity contribution in [1.82, 2.24) is 20.1 Å². The highest BCUT2D eigenvalue weighted by Gasteiger charge is 2.09. The normalized spacial score (nSPS) is 14.4. The maximum absolute atomic E-state index is 11.5. The van der Waals surface area contributed by atoms with Crippen molar-refractivity contribution in [3.8, 4) is 0 Å². The zero-order valence-corrected chi connectivity index (χ0v) is 9.63. The van der Waals surface area contributed by atoms with Crippen LogP contribution in [0, 0.1) is 0 Å². The van der Waals surface area contributed by atoms with Gasteiger partial charge < -0.3 is 10.4 Å². The number of aryl methyl sites for hydroxylation is 1. The van der Waals surface area contributed by atoms with Gasteiger partial charge >= 0.3 is 0 Å². The standard InChI is InChI=1S/C10H18N4O2/c1-8(5-9(2)15)13-10(16)3-4-14-7-11-6-12-14/h6-9,15H,3-5H2,1-2H3,(H,13,16). The minimum atomic E-state index is -0.398. The molecule has 6 heteroatoms.